The molecule has 0 saturated carbocycles. The van der Waals surface area contributed by atoms with Crippen molar-refractivity contribution in [1.29, 1.82) is 0 Å². The fourth-order valence-corrected chi connectivity index (χ4v) is 16.3. The van der Waals surface area contributed by atoms with Crippen LogP contribution < -0.4 is 41.4 Å². The molecule has 5 aromatic carbocycles. The first-order valence-corrected chi connectivity index (χ1v) is 25.1. The standard InChI is InChI=1S/C48H58N3O2PSi/c1-50(2)38-30-31-43-44(35-38)55(5,6)45-36-39(51(3)4)34-37(47(45)48(43)53)22-12-7-8-20-32-49-46(52)29-19-21-33-54(40-23-13-9-14-24-40,41-25-15-10-16-26-41)42-27-17-11-18-28-42/h9-18,22-28,30-31,34-36,54H,7-8,19-21,29,32-33H2,1-6H3,(H,49,52)/b22-12+. The summed E-state index contributed by atoms with van der Waals surface area (Å²) < 4.78 is 0. The van der Waals surface area contributed by atoms with Gasteiger partial charge in [0, 0.05) is 50.7 Å². The van der Waals surface area contributed by atoms with Crippen LogP contribution in [0.4, 0.5) is 11.4 Å². The molecule has 0 fully saturated rings. The normalized spacial score (nSPS) is 13.6. The summed E-state index contributed by atoms with van der Waals surface area (Å²) in [6, 6.07) is 43.7. The number of allylic oxidation sites excluding steroid dienone is 1. The number of carbonyl (C=O) groups excluding carboxylic acids is 2. The minimum atomic E-state index is -2.27. The van der Waals surface area contributed by atoms with Crippen molar-refractivity contribution in [2.75, 3.05) is 50.7 Å². The maximum Gasteiger partial charge on any atom is 0.193 e. The minimum absolute atomic E-state index is 0.128. The van der Waals surface area contributed by atoms with Crippen molar-refractivity contribution < 1.29 is 9.59 Å². The first kappa shape index (κ1) is 39.9. The molecule has 0 aliphatic carbocycles. The minimum Gasteiger partial charge on any atom is -0.289 e. The molecule has 7 heteroatoms. The van der Waals surface area contributed by atoms with Crippen LogP contribution in [0.2, 0.25) is 13.1 Å². The number of carbonyl (C=O) groups is 2. The molecule has 0 bridgehead atoms. The van der Waals surface area contributed by atoms with Crippen molar-refractivity contribution >= 4 is 70.8 Å². The van der Waals surface area contributed by atoms with Gasteiger partial charge in [0.15, 0.2) is 5.78 Å². The summed E-state index contributed by atoms with van der Waals surface area (Å²) in [5, 5.41) is 9.85. The van der Waals surface area contributed by atoms with Crippen LogP contribution in [0.15, 0.2) is 127 Å². The third-order valence-electron chi connectivity index (χ3n) is 11.4. The van der Waals surface area contributed by atoms with E-state index < -0.39 is 15.3 Å². The molecule has 1 amide bonds. The van der Waals surface area contributed by atoms with E-state index in [2.05, 4.69) is 170 Å². The van der Waals surface area contributed by atoms with Gasteiger partial charge in [-0.3, -0.25) is 4.79 Å². The average Bonchev–Trinajstić information content (AvgIpc) is 3.20. The zero-order chi connectivity index (χ0) is 39.0. The summed E-state index contributed by atoms with van der Waals surface area (Å²) in [7, 11) is 3.81. The molecular formula is C48H58N3O2PSi. The molecule has 1 heterocycles. The van der Waals surface area contributed by atoms with Gasteiger partial charge in [0.1, 0.15) is 8.07 Å². The average molecular weight is 768 g/mol. The number of amides is 1. The van der Waals surface area contributed by atoms with Gasteiger partial charge < -0.3 is 9.80 Å². The van der Waals surface area contributed by atoms with Gasteiger partial charge in [-0.2, -0.15) is 0 Å². The van der Waals surface area contributed by atoms with Crippen molar-refractivity contribution in [2.24, 2.45) is 0 Å². The van der Waals surface area contributed by atoms with Crippen LogP contribution in [0, 0.1) is 0 Å². The predicted molar refractivity (Wildman–Crippen MR) is 243 cm³/mol. The van der Waals surface area contributed by atoms with Crippen molar-refractivity contribution in [3.8, 4) is 0 Å². The number of hydrogen-bond acceptors (Lipinski definition) is 4. The molecule has 0 radical (unpaired) electrons. The Morgan fingerprint density at radius 3 is 1.80 bits per heavy atom. The molecule has 1 aliphatic heterocycles. The van der Waals surface area contributed by atoms with Gasteiger partial charge in [0.25, 0.3) is 0 Å². The Balaban J connectivity index is 1.03. The maximum absolute atomic E-state index is 14.1. The van der Waals surface area contributed by atoms with Crippen LogP contribution in [0.1, 0.15) is 60.0 Å². The first-order chi connectivity index (χ1) is 26.5. The Bertz CT molecular complexity index is 2020. The van der Waals surface area contributed by atoms with Crippen LogP contribution in [0.25, 0.3) is 6.08 Å². The van der Waals surface area contributed by atoms with Gasteiger partial charge in [0.2, 0.25) is 0 Å². The summed E-state index contributed by atoms with van der Waals surface area (Å²) >= 11 is 0. The van der Waals surface area contributed by atoms with E-state index in [0.717, 1.165) is 66.3 Å². The fourth-order valence-electron chi connectivity index (χ4n) is 8.28. The van der Waals surface area contributed by atoms with Gasteiger partial charge in [-0.15, -0.1) is 0 Å². The molecule has 0 unspecified atom stereocenters. The van der Waals surface area contributed by atoms with Gasteiger partial charge in [0.05, 0.1) is 0 Å². The Morgan fingerprint density at radius 2 is 1.24 bits per heavy atom. The number of benzene rings is 5. The van der Waals surface area contributed by atoms with Gasteiger partial charge in [-0.25, -0.2) is 0 Å². The van der Waals surface area contributed by atoms with Gasteiger partial charge >= 0.3 is 194 Å². The molecular weight excluding hydrogens is 710 g/mol. The molecule has 55 heavy (non-hydrogen) atoms. The summed E-state index contributed by atoms with van der Waals surface area (Å²) in [6.07, 6.45) is 10.6. The second-order valence-corrected chi connectivity index (χ2v) is 24.3. The van der Waals surface area contributed by atoms with E-state index in [-0.39, 0.29) is 11.7 Å². The number of ketones is 1. The molecule has 1 N–H and O–H groups in total. The molecule has 0 atom stereocenters. The predicted octanol–water partition coefficient (Wildman–Crippen LogP) is 7.38. The van der Waals surface area contributed by atoms with Crippen molar-refractivity contribution in [1.82, 2.24) is 5.32 Å². The van der Waals surface area contributed by atoms with Crippen LogP contribution in [-0.2, 0) is 4.79 Å². The quantitative estimate of drug-likeness (QED) is 0.0648. The van der Waals surface area contributed by atoms with E-state index in [4.69, 9.17) is 0 Å². The number of hydrogen-bond donors (Lipinski definition) is 1. The van der Waals surface area contributed by atoms with Gasteiger partial charge in [-0.1, -0.05) is 13.1 Å². The molecule has 0 saturated heterocycles. The van der Waals surface area contributed by atoms with E-state index in [1.807, 2.05) is 20.2 Å². The third-order valence-corrected chi connectivity index (χ3v) is 20.0. The van der Waals surface area contributed by atoms with E-state index in [1.54, 1.807) is 0 Å². The molecule has 0 spiro atoms. The molecule has 6 rings (SSSR count). The van der Waals surface area contributed by atoms with E-state index in [1.165, 1.54) is 26.3 Å². The van der Waals surface area contributed by atoms with Crippen LogP contribution in [0.5, 0.6) is 0 Å². The molecule has 0 aromatic heterocycles. The van der Waals surface area contributed by atoms with Crippen LogP contribution in [-0.4, -0.2) is 60.7 Å². The fraction of sp³-hybridized carbons (Fsp3) is 0.292. The number of anilines is 2. The zero-order valence-corrected chi connectivity index (χ0v) is 35.6. The zero-order valence-electron chi connectivity index (χ0n) is 33.6. The SMILES string of the molecule is CN(C)c1ccc2c(c1)[Si](C)(C)c1cc(N(C)C)cc(/C=C/CCCCNC(=O)CCCC[PH](c3ccccc3)(c3ccccc3)c3ccccc3)c1C2=O. The Hall–Kier alpha value is -4.77. The molecule has 5 nitrogen and oxygen atoms in total. The van der Waals surface area contributed by atoms with E-state index >= 15 is 0 Å². The van der Waals surface area contributed by atoms with Crippen LogP contribution in [0.3, 0.4) is 0 Å². The maximum atomic E-state index is 14.1. The third kappa shape index (κ3) is 8.72. The van der Waals surface area contributed by atoms with Crippen molar-refractivity contribution in [3.05, 3.63) is 144 Å². The second kappa shape index (κ2) is 17.8. The number of unbranched alkanes of at least 4 members (excludes halogenated alkanes) is 3. The smallest absolute Gasteiger partial charge is 0.193 e. The Labute approximate surface area is 330 Å². The summed E-state index contributed by atoms with van der Waals surface area (Å²) in [5.41, 5.74) is 4.97. The largest absolute Gasteiger partial charge is 0.289 e. The van der Waals surface area contributed by atoms with Crippen LogP contribution >= 0.6 is 7.26 Å². The Morgan fingerprint density at radius 1 is 0.673 bits per heavy atom. The van der Waals surface area contributed by atoms with E-state index in [0.29, 0.717) is 13.0 Å². The molecule has 1 aliphatic rings. The van der Waals surface area contributed by atoms with Gasteiger partial charge in [-0.05, 0) is 46.3 Å². The monoisotopic (exact) mass is 767 g/mol. The van der Waals surface area contributed by atoms with Crippen molar-refractivity contribution in [2.45, 2.75) is 51.6 Å². The summed E-state index contributed by atoms with van der Waals surface area (Å²) in [6.45, 7) is 5.42. The number of fused-ring (bicyclic) bond motifs is 2. The number of nitrogens with one attached hydrogen (secondary N) is 1. The summed E-state index contributed by atoms with van der Waals surface area (Å²) in [4.78, 5) is 31.3. The number of rotatable bonds is 16. The topological polar surface area (TPSA) is 52.6 Å². The van der Waals surface area contributed by atoms with Crippen molar-refractivity contribution in [3.63, 3.8) is 0 Å². The molecule has 286 valence electrons. The summed E-state index contributed by atoms with van der Waals surface area (Å²) in [5.74, 6) is 0.264. The number of nitrogens with zero attached hydrogens (tertiary/aromatic N) is 2. The second-order valence-electron chi connectivity index (χ2n) is 15.9. The van der Waals surface area contributed by atoms with E-state index in [9.17, 15) is 9.59 Å². The molecule has 5 aromatic rings. The Kier molecular flexibility index (Phi) is 12.9. The first-order valence-electron chi connectivity index (χ1n) is 19.9.